The normalized spacial score (nSPS) is 11.9. The van der Waals surface area contributed by atoms with Crippen molar-refractivity contribution in [1.82, 2.24) is 15.1 Å². The Bertz CT molecular complexity index is 846. The Morgan fingerprint density at radius 1 is 1.38 bits per heavy atom. The molecule has 0 fully saturated rings. The minimum Gasteiger partial charge on any atom is -0.494 e. The minimum absolute atomic E-state index is 0.0471. The number of aromatic nitrogens is 2. The van der Waals surface area contributed by atoms with Gasteiger partial charge in [-0.15, -0.1) is 0 Å². The Labute approximate surface area is 139 Å². The second-order valence-corrected chi connectivity index (χ2v) is 5.60. The highest BCUT2D eigenvalue weighted by Crippen LogP contribution is 2.22. The van der Waals surface area contributed by atoms with Crippen LogP contribution in [0.1, 0.15) is 40.1 Å². The zero-order chi connectivity index (χ0) is 18.0. The van der Waals surface area contributed by atoms with Gasteiger partial charge in [-0.2, -0.15) is 5.10 Å². The number of aryl methyl sites for hydroxylation is 2. The maximum absolute atomic E-state index is 13.8. The highest BCUT2D eigenvalue weighted by molar-refractivity contribution is 5.95. The van der Waals surface area contributed by atoms with Crippen LogP contribution in [0.25, 0.3) is 0 Å². The molecular weight excluding hydrogens is 313 g/mol. The van der Waals surface area contributed by atoms with Gasteiger partial charge in [0.15, 0.2) is 11.6 Å². The van der Waals surface area contributed by atoms with E-state index in [1.54, 1.807) is 26.8 Å². The van der Waals surface area contributed by atoms with Gasteiger partial charge in [0, 0.05) is 7.05 Å². The molecule has 1 aromatic carbocycles. The van der Waals surface area contributed by atoms with Crippen LogP contribution in [0.5, 0.6) is 5.75 Å². The van der Waals surface area contributed by atoms with Crippen LogP contribution in [0.15, 0.2) is 23.0 Å². The molecule has 0 radical (unpaired) electrons. The second kappa shape index (κ2) is 6.82. The molecule has 0 aliphatic heterocycles. The summed E-state index contributed by atoms with van der Waals surface area (Å²) < 4.78 is 19.8. The topological polar surface area (TPSA) is 73.2 Å². The minimum atomic E-state index is -0.512. The first-order chi connectivity index (χ1) is 11.3. The third kappa shape index (κ3) is 3.29. The van der Waals surface area contributed by atoms with Gasteiger partial charge in [-0.1, -0.05) is 6.07 Å². The molecule has 2 rings (SSSR count). The van der Waals surface area contributed by atoms with Crippen LogP contribution < -0.4 is 15.6 Å². The molecule has 1 amide bonds. The van der Waals surface area contributed by atoms with E-state index in [4.69, 9.17) is 4.74 Å². The molecule has 2 aromatic rings. The zero-order valence-corrected chi connectivity index (χ0v) is 14.3. The lowest BCUT2D eigenvalue weighted by Gasteiger charge is -2.16. The van der Waals surface area contributed by atoms with Crippen molar-refractivity contribution in [3.05, 3.63) is 56.8 Å². The third-order valence-corrected chi connectivity index (χ3v) is 3.98. The van der Waals surface area contributed by atoms with Crippen molar-refractivity contribution in [1.29, 1.82) is 0 Å². The van der Waals surface area contributed by atoms with Gasteiger partial charge in [0.05, 0.1) is 18.8 Å². The standard InChI is InChI=1S/C17H20FN3O3/c1-9-10(2)20-21(4)17(23)15(9)16(22)19-11(3)12-6-7-14(24-5)13(18)8-12/h6-8,11H,1-5H3,(H,19,22)/t11-/m0/s1. The molecular formula is C17H20FN3O3. The third-order valence-electron chi connectivity index (χ3n) is 3.98. The summed E-state index contributed by atoms with van der Waals surface area (Å²) in [6, 6.07) is 3.98. The van der Waals surface area contributed by atoms with E-state index >= 15 is 0 Å². The molecule has 24 heavy (non-hydrogen) atoms. The average molecular weight is 333 g/mol. The number of hydrogen-bond donors (Lipinski definition) is 1. The van der Waals surface area contributed by atoms with Crippen molar-refractivity contribution in [2.24, 2.45) is 7.05 Å². The van der Waals surface area contributed by atoms with Gasteiger partial charge in [0.25, 0.3) is 11.5 Å². The number of nitrogens with one attached hydrogen (secondary N) is 1. The second-order valence-electron chi connectivity index (χ2n) is 5.60. The highest BCUT2D eigenvalue weighted by atomic mass is 19.1. The molecule has 0 aliphatic carbocycles. The molecule has 1 aromatic heterocycles. The monoisotopic (exact) mass is 333 g/mol. The van der Waals surface area contributed by atoms with Crippen LogP contribution >= 0.6 is 0 Å². The zero-order valence-electron chi connectivity index (χ0n) is 14.3. The van der Waals surface area contributed by atoms with Gasteiger partial charge in [0.1, 0.15) is 5.56 Å². The largest absolute Gasteiger partial charge is 0.494 e. The van der Waals surface area contributed by atoms with Gasteiger partial charge >= 0.3 is 0 Å². The van der Waals surface area contributed by atoms with E-state index < -0.39 is 23.3 Å². The lowest BCUT2D eigenvalue weighted by atomic mass is 10.1. The fraction of sp³-hybridized carbons (Fsp3) is 0.353. The molecule has 0 saturated carbocycles. The molecule has 0 unspecified atom stereocenters. The fourth-order valence-corrected chi connectivity index (χ4v) is 2.42. The van der Waals surface area contributed by atoms with Crippen molar-refractivity contribution in [2.45, 2.75) is 26.8 Å². The highest BCUT2D eigenvalue weighted by Gasteiger charge is 2.20. The number of halogens is 1. The van der Waals surface area contributed by atoms with Crippen molar-refractivity contribution < 1.29 is 13.9 Å². The van der Waals surface area contributed by atoms with Gasteiger partial charge in [-0.3, -0.25) is 9.59 Å². The Hall–Kier alpha value is -2.70. The summed E-state index contributed by atoms with van der Waals surface area (Å²) in [5.74, 6) is -0.892. The van der Waals surface area contributed by atoms with E-state index in [0.717, 1.165) is 4.68 Å². The summed E-state index contributed by atoms with van der Waals surface area (Å²) in [5.41, 5.74) is 1.28. The van der Waals surface area contributed by atoms with Crippen LogP contribution in [0.2, 0.25) is 0 Å². The first-order valence-corrected chi connectivity index (χ1v) is 7.45. The molecule has 0 spiro atoms. The van der Waals surface area contributed by atoms with Gasteiger partial charge in [0.2, 0.25) is 0 Å². The predicted molar refractivity (Wildman–Crippen MR) is 87.8 cm³/mol. The molecule has 7 heteroatoms. The SMILES string of the molecule is COc1ccc([C@H](C)NC(=O)c2c(C)c(C)nn(C)c2=O)cc1F. The molecule has 0 bridgehead atoms. The lowest BCUT2D eigenvalue weighted by molar-refractivity contribution is 0.0936. The van der Waals surface area contributed by atoms with Crippen LogP contribution in [-0.2, 0) is 7.05 Å². The van der Waals surface area contributed by atoms with Crippen LogP contribution in [0.3, 0.4) is 0 Å². The number of hydrogen-bond acceptors (Lipinski definition) is 4. The van der Waals surface area contributed by atoms with E-state index in [-0.39, 0.29) is 11.3 Å². The summed E-state index contributed by atoms with van der Waals surface area (Å²) in [6.07, 6.45) is 0. The fourth-order valence-electron chi connectivity index (χ4n) is 2.42. The number of nitrogens with zero attached hydrogens (tertiary/aromatic N) is 2. The smallest absolute Gasteiger partial charge is 0.279 e. The summed E-state index contributed by atoms with van der Waals surface area (Å²) in [7, 11) is 2.88. The van der Waals surface area contributed by atoms with Crippen LogP contribution in [-0.4, -0.2) is 22.8 Å². The van der Waals surface area contributed by atoms with E-state index in [2.05, 4.69) is 10.4 Å². The van der Waals surface area contributed by atoms with Gasteiger partial charge in [-0.25, -0.2) is 9.07 Å². The van der Waals surface area contributed by atoms with Crippen molar-refractivity contribution >= 4 is 5.91 Å². The van der Waals surface area contributed by atoms with Crippen molar-refractivity contribution in [3.63, 3.8) is 0 Å². The van der Waals surface area contributed by atoms with E-state index in [1.807, 2.05) is 0 Å². The molecule has 1 heterocycles. The Kier molecular flexibility index (Phi) is 5.02. The first-order valence-electron chi connectivity index (χ1n) is 7.45. The maximum atomic E-state index is 13.8. The van der Waals surface area contributed by atoms with E-state index in [1.165, 1.54) is 26.3 Å². The summed E-state index contributed by atoms with van der Waals surface area (Å²) >= 11 is 0. The van der Waals surface area contributed by atoms with E-state index in [9.17, 15) is 14.0 Å². The summed E-state index contributed by atoms with van der Waals surface area (Å²) in [6.45, 7) is 5.12. The number of rotatable bonds is 4. The number of carbonyl (C=O) groups excluding carboxylic acids is 1. The van der Waals surface area contributed by atoms with Gasteiger partial charge < -0.3 is 10.1 Å². The van der Waals surface area contributed by atoms with Crippen molar-refractivity contribution in [2.75, 3.05) is 7.11 Å². The number of methoxy groups -OCH3 is 1. The molecule has 1 N–H and O–H groups in total. The maximum Gasteiger partial charge on any atom is 0.279 e. The molecule has 0 saturated heterocycles. The summed E-state index contributed by atoms with van der Waals surface area (Å²) in [4.78, 5) is 24.7. The van der Waals surface area contributed by atoms with Crippen molar-refractivity contribution in [3.8, 4) is 5.75 Å². The molecule has 1 atom stereocenters. The molecule has 6 nitrogen and oxygen atoms in total. The molecule has 0 aliphatic rings. The van der Waals surface area contributed by atoms with E-state index in [0.29, 0.717) is 16.8 Å². The quantitative estimate of drug-likeness (QED) is 0.929. The lowest BCUT2D eigenvalue weighted by Crippen LogP contribution is -2.36. The number of carbonyl (C=O) groups is 1. The Morgan fingerprint density at radius 2 is 2.04 bits per heavy atom. The van der Waals surface area contributed by atoms with Crippen LogP contribution in [0.4, 0.5) is 4.39 Å². The first kappa shape index (κ1) is 17.7. The van der Waals surface area contributed by atoms with Gasteiger partial charge in [-0.05, 0) is 44.0 Å². The summed E-state index contributed by atoms with van der Waals surface area (Å²) in [5, 5.41) is 6.77. The average Bonchev–Trinajstić information content (AvgIpc) is 2.53. The number of amides is 1. The Balaban J connectivity index is 2.30. The Morgan fingerprint density at radius 3 is 2.62 bits per heavy atom. The number of benzene rings is 1. The predicted octanol–water partition coefficient (Wildman–Crippen LogP) is 2.04. The number of ether oxygens (including phenoxy) is 1. The molecule has 128 valence electrons. The van der Waals surface area contributed by atoms with Crippen LogP contribution in [0, 0.1) is 19.7 Å².